The zero-order chi connectivity index (χ0) is 22.7. The molecular formula is C24H27N5O3. The van der Waals surface area contributed by atoms with E-state index in [0.717, 1.165) is 22.2 Å². The Balaban J connectivity index is 1.76. The molecular weight excluding hydrogens is 406 g/mol. The number of aryl methyl sites for hydroxylation is 1. The van der Waals surface area contributed by atoms with Gasteiger partial charge in [0.1, 0.15) is 11.8 Å². The fourth-order valence-electron chi connectivity index (χ4n) is 4.00. The molecule has 4 rings (SSSR count). The highest BCUT2D eigenvalue weighted by atomic mass is 16.5. The van der Waals surface area contributed by atoms with Crippen LogP contribution < -0.4 is 20.3 Å². The lowest BCUT2D eigenvalue weighted by molar-refractivity contribution is -0.128. The quantitative estimate of drug-likeness (QED) is 0.619. The van der Waals surface area contributed by atoms with Crippen LogP contribution in [0, 0.1) is 0 Å². The Morgan fingerprint density at radius 3 is 2.84 bits per heavy atom. The van der Waals surface area contributed by atoms with Crippen molar-refractivity contribution < 1.29 is 14.3 Å². The molecule has 0 fully saturated rings. The lowest BCUT2D eigenvalue weighted by Crippen LogP contribution is -2.52. The minimum Gasteiger partial charge on any atom is -0.495 e. The molecule has 8 heteroatoms. The molecule has 0 spiro atoms. The van der Waals surface area contributed by atoms with E-state index in [1.807, 2.05) is 36.4 Å². The molecule has 1 aromatic carbocycles. The molecule has 1 aliphatic heterocycles. The maximum atomic E-state index is 13.7. The average Bonchev–Trinajstić information content (AvgIpc) is 2.95. The Bertz CT molecular complexity index is 1150. The third-order valence-corrected chi connectivity index (χ3v) is 5.94. The second-order valence-corrected chi connectivity index (χ2v) is 7.84. The topological polar surface area (TPSA) is 96.5 Å². The van der Waals surface area contributed by atoms with Crippen molar-refractivity contribution in [3.8, 4) is 5.75 Å². The van der Waals surface area contributed by atoms with E-state index in [9.17, 15) is 9.59 Å². The fourth-order valence-corrected chi connectivity index (χ4v) is 4.00. The van der Waals surface area contributed by atoms with Crippen molar-refractivity contribution in [3.05, 3.63) is 59.9 Å². The number of carbonyl (C=O) groups excluding carboxylic acids is 2. The number of fused-ring (bicyclic) bond motifs is 2. The minimum atomic E-state index is -0.622. The summed E-state index contributed by atoms with van der Waals surface area (Å²) in [5, 5.41) is 6.67. The molecule has 0 saturated carbocycles. The van der Waals surface area contributed by atoms with Crippen molar-refractivity contribution in [1.82, 2.24) is 20.6 Å². The first-order chi connectivity index (χ1) is 15.5. The summed E-state index contributed by atoms with van der Waals surface area (Å²) in [6.45, 7) is 2.04. The Morgan fingerprint density at radius 2 is 2.06 bits per heavy atom. The number of amides is 2. The summed E-state index contributed by atoms with van der Waals surface area (Å²) in [5.74, 6) is 0.236. The first-order valence-corrected chi connectivity index (χ1v) is 10.7. The van der Waals surface area contributed by atoms with Crippen molar-refractivity contribution in [3.63, 3.8) is 0 Å². The van der Waals surface area contributed by atoms with Gasteiger partial charge in [0.15, 0.2) is 5.65 Å². The predicted molar refractivity (Wildman–Crippen MR) is 122 cm³/mol. The van der Waals surface area contributed by atoms with Crippen LogP contribution in [0.4, 0.5) is 5.69 Å². The number of para-hydroxylation sites is 1. The molecule has 3 aromatic rings. The summed E-state index contributed by atoms with van der Waals surface area (Å²) in [4.78, 5) is 36.7. The van der Waals surface area contributed by atoms with Crippen LogP contribution in [0.25, 0.3) is 11.0 Å². The number of ether oxygens (including phenoxy) is 1. The Hall–Kier alpha value is -3.52. The van der Waals surface area contributed by atoms with Crippen LogP contribution in [0.5, 0.6) is 5.75 Å². The second kappa shape index (κ2) is 9.32. The number of nitrogens with zero attached hydrogens (tertiary/aromatic N) is 3. The number of nitrogens with one attached hydrogen (secondary N) is 2. The van der Waals surface area contributed by atoms with Crippen molar-refractivity contribution >= 4 is 28.5 Å². The van der Waals surface area contributed by atoms with Crippen molar-refractivity contribution in [2.24, 2.45) is 0 Å². The summed E-state index contributed by atoms with van der Waals surface area (Å²) in [6, 6.07) is 10.6. The van der Waals surface area contributed by atoms with E-state index in [-0.39, 0.29) is 18.4 Å². The molecule has 2 aromatic heterocycles. The lowest BCUT2D eigenvalue weighted by atomic mass is 10.1. The van der Waals surface area contributed by atoms with Gasteiger partial charge in [0.25, 0.3) is 0 Å². The molecule has 0 aliphatic carbocycles. The largest absolute Gasteiger partial charge is 0.495 e. The van der Waals surface area contributed by atoms with E-state index in [4.69, 9.17) is 4.74 Å². The molecule has 0 radical (unpaired) electrons. The Kier molecular flexibility index (Phi) is 6.32. The van der Waals surface area contributed by atoms with Crippen LogP contribution in [0.2, 0.25) is 0 Å². The summed E-state index contributed by atoms with van der Waals surface area (Å²) in [7, 11) is 3.30. The lowest BCUT2D eigenvalue weighted by Gasteiger charge is -2.28. The van der Waals surface area contributed by atoms with E-state index >= 15 is 0 Å². The van der Waals surface area contributed by atoms with Gasteiger partial charge >= 0.3 is 0 Å². The molecule has 32 heavy (non-hydrogen) atoms. The minimum absolute atomic E-state index is 0.150. The highest BCUT2D eigenvalue weighted by molar-refractivity contribution is 6.01. The highest BCUT2D eigenvalue weighted by Crippen LogP contribution is 2.32. The van der Waals surface area contributed by atoms with Gasteiger partial charge in [0, 0.05) is 22.8 Å². The Labute approximate surface area is 187 Å². The zero-order valence-corrected chi connectivity index (χ0v) is 18.5. The summed E-state index contributed by atoms with van der Waals surface area (Å²) in [5.41, 5.74) is 3.32. The molecule has 2 atom stereocenters. The van der Waals surface area contributed by atoms with Crippen LogP contribution in [-0.2, 0) is 22.6 Å². The van der Waals surface area contributed by atoms with E-state index in [2.05, 4.69) is 20.6 Å². The number of likely N-dealkylation sites (N-methyl/N-ethyl adjacent to an activating group) is 1. The number of aromatic nitrogens is 2. The van der Waals surface area contributed by atoms with Gasteiger partial charge in [0.05, 0.1) is 25.9 Å². The fraction of sp³-hybridized carbons (Fsp3) is 0.333. The number of rotatable bonds is 6. The van der Waals surface area contributed by atoms with E-state index in [1.54, 1.807) is 38.4 Å². The van der Waals surface area contributed by atoms with Crippen LogP contribution in [0.3, 0.4) is 0 Å². The predicted octanol–water partition coefficient (Wildman–Crippen LogP) is 2.21. The molecule has 166 valence electrons. The van der Waals surface area contributed by atoms with Gasteiger partial charge < -0.3 is 20.3 Å². The third-order valence-electron chi connectivity index (χ3n) is 5.94. The van der Waals surface area contributed by atoms with E-state index in [0.29, 0.717) is 24.2 Å². The van der Waals surface area contributed by atoms with Gasteiger partial charge in [0.2, 0.25) is 11.8 Å². The van der Waals surface area contributed by atoms with Gasteiger partial charge in [-0.2, -0.15) is 0 Å². The van der Waals surface area contributed by atoms with Crippen LogP contribution in [0.1, 0.15) is 24.5 Å². The number of pyridine rings is 2. The molecule has 0 bridgehead atoms. The highest BCUT2D eigenvalue weighted by Gasteiger charge is 2.33. The SMILES string of the molecule is CNC(C)C(=O)N[C@H]1CCc2ccccc2N(Cc2c(OC)cnc3ncccc23)C1=O. The zero-order valence-electron chi connectivity index (χ0n) is 18.5. The normalized spacial score (nSPS) is 16.9. The molecule has 3 heterocycles. The van der Waals surface area contributed by atoms with Gasteiger partial charge in [-0.3, -0.25) is 9.59 Å². The Morgan fingerprint density at radius 1 is 1.25 bits per heavy atom. The third kappa shape index (κ3) is 4.13. The van der Waals surface area contributed by atoms with E-state index < -0.39 is 12.1 Å². The molecule has 2 amide bonds. The smallest absolute Gasteiger partial charge is 0.249 e. The van der Waals surface area contributed by atoms with E-state index in [1.165, 1.54) is 0 Å². The van der Waals surface area contributed by atoms with Crippen LogP contribution >= 0.6 is 0 Å². The van der Waals surface area contributed by atoms with Gasteiger partial charge in [-0.05, 0) is 50.6 Å². The van der Waals surface area contributed by atoms with Crippen molar-refractivity contribution in [1.29, 1.82) is 0 Å². The molecule has 1 unspecified atom stereocenters. The molecule has 1 aliphatic rings. The number of benzene rings is 1. The second-order valence-electron chi connectivity index (χ2n) is 7.84. The maximum absolute atomic E-state index is 13.7. The van der Waals surface area contributed by atoms with Crippen LogP contribution in [-0.4, -0.2) is 48.0 Å². The average molecular weight is 434 g/mol. The molecule has 2 N–H and O–H groups in total. The standard InChI is InChI=1S/C24H27N5O3/c1-15(25-2)23(30)28-19-11-10-16-7-4-5-9-20(16)29(24(19)31)14-18-17-8-6-12-26-22(17)27-13-21(18)32-3/h4-9,12-13,15,19,25H,10-11,14H2,1-3H3,(H,28,30)/t15?,19-/m0/s1. The van der Waals surface area contributed by atoms with Crippen LogP contribution in [0.15, 0.2) is 48.8 Å². The molecule has 0 saturated heterocycles. The summed E-state index contributed by atoms with van der Waals surface area (Å²) < 4.78 is 5.58. The molecule has 8 nitrogen and oxygen atoms in total. The number of hydrogen-bond acceptors (Lipinski definition) is 6. The first kappa shape index (κ1) is 21.7. The number of carbonyl (C=O) groups is 2. The van der Waals surface area contributed by atoms with Crippen molar-refractivity contribution in [2.45, 2.75) is 38.4 Å². The first-order valence-electron chi connectivity index (χ1n) is 10.7. The van der Waals surface area contributed by atoms with Crippen molar-refractivity contribution in [2.75, 3.05) is 19.1 Å². The monoisotopic (exact) mass is 433 g/mol. The summed E-state index contributed by atoms with van der Waals surface area (Å²) >= 11 is 0. The van der Waals surface area contributed by atoms with Gasteiger partial charge in [-0.15, -0.1) is 0 Å². The summed E-state index contributed by atoms with van der Waals surface area (Å²) in [6.07, 6.45) is 4.54. The maximum Gasteiger partial charge on any atom is 0.249 e. The van der Waals surface area contributed by atoms with Gasteiger partial charge in [-0.1, -0.05) is 18.2 Å². The number of hydrogen-bond donors (Lipinski definition) is 2. The number of methoxy groups -OCH3 is 1. The number of anilines is 1. The van der Waals surface area contributed by atoms with Gasteiger partial charge in [-0.25, -0.2) is 9.97 Å².